The molecule has 0 aliphatic heterocycles. The Morgan fingerprint density at radius 1 is 0.250 bits per heavy atom. The maximum Gasteiger partial charge on any atom is 0.0467 e. The molecule has 0 aliphatic rings. The van der Waals surface area contributed by atoms with Gasteiger partial charge in [0, 0.05) is 34.1 Å². The topological polar surface area (TPSA) is 6.48 Å². The fourth-order valence-corrected chi connectivity index (χ4v) is 8.98. The number of rotatable bonds is 10. The third-order valence-corrected chi connectivity index (χ3v) is 11.4. The van der Waals surface area contributed by atoms with Gasteiger partial charge in [0.2, 0.25) is 0 Å². The van der Waals surface area contributed by atoms with Crippen LogP contribution in [0.4, 0.5) is 34.1 Å². The summed E-state index contributed by atoms with van der Waals surface area (Å²) in [5, 5.41) is 0. The van der Waals surface area contributed by atoms with E-state index < -0.39 is 0 Å². The van der Waals surface area contributed by atoms with Crippen LogP contribution in [0.1, 0.15) is 89.0 Å². The normalized spacial score (nSPS) is 11.5. The molecule has 2 nitrogen and oxygen atoms in total. The second kappa shape index (κ2) is 17.5. The van der Waals surface area contributed by atoms with Crippen molar-refractivity contribution >= 4 is 58.4 Å². The molecule has 0 unspecified atom stereocenters. The minimum atomic E-state index is 1.17. The van der Waals surface area contributed by atoms with Crippen LogP contribution in [0, 0.1) is 83.1 Å². The standard InChI is InChI=1S/C58H60N2/c1-37-21-38(2)26-51(25-37)59(52-27-39(3)22-40(4)28-52)55-33-45(9)57(46(10)34-55)19-17-49-13-15-50(16-14-49)18-20-58-47(11)35-56(36-48(58)12)60(53-29-41(5)23-42(6)30-53)54-31-43(7)24-44(8)32-54/h13-36H,1-12H3/b19-17+,20-18+. The summed E-state index contributed by atoms with van der Waals surface area (Å²) in [5.41, 5.74) is 27.1. The zero-order valence-corrected chi connectivity index (χ0v) is 37.8. The highest BCUT2D eigenvalue weighted by Crippen LogP contribution is 2.40. The summed E-state index contributed by atoms with van der Waals surface area (Å²) in [5.74, 6) is 0. The second-order valence-electron chi connectivity index (χ2n) is 17.4. The van der Waals surface area contributed by atoms with Crippen molar-refractivity contribution < 1.29 is 0 Å². The van der Waals surface area contributed by atoms with Crippen LogP contribution in [-0.2, 0) is 0 Å². The Hall–Kier alpha value is -6.38. The van der Waals surface area contributed by atoms with Gasteiger partial charge in [-0.1, -0.05) is 72.8 Å². The lowest BCUT2D eigenvalue weighted by Gasteiger charge is -2.28. The molecule has 0 saturated heterocycles. The van der Waals surface area contributed by atoms with Gasteiger partial charge in [0.15, 0.2) is 0 Å². The molecule has 7 aromatic rings. The van der Waals surface area contributed by atoms with Crippen molar-refractivity contribution in [2.45, 2.75) is 83.1 Å². The average molecular weight is 785 g/mol. The maximum atomic E-state index is 2.41. The van der Waals surface area contributed by atoms with Crippen LogP contribution in [-0.4, -0.2) is 0 Å². The molecule has 0 radical (unpaired) electrons. The SMILES string of the molecule is Cc1cc(C)cc(N(c2cc(C)cc(C)c2)c2cc(C)c(/C=C/c3ccc(/C=C/c4c(C)cc(N(c5cc(C)cc(C)c5)c5cc(C)cc(C)c5)cc4C)cc3)c(C)c2)c1. The monoisotopic (exact) mass is 784 g/mol. The first-order valence-corrected chi connectivity index (χ1v) is 21.2. The van der Waals surface area contributed by atoms with Gasteiger partial charge in [-0.15, -0.1) is 0 Å². The van der Waals surface area contributed by atoms with Gasteiger partial charge in [-0.2, -0.15) is 0 Å². The van der Waals surface area contributed by atoms with E-state index in [1.807, 2.05) is 0 Å². The fraction of sp³-hybridized carbons (Fsp3) is 0.207. The lowest BCUT2D eigenvalue weighted by Crippen LogP contribution is -2.12. The van der Waals surface area contributed by atoms with Gasteiger partial charge in [-0.05, 0) is 245 Å². The molecule has 0 aliphatic carbocycles. The molecule has 0 heterocycles. The number of hydrogen-bond donors (Lipinski definition) is 0. The van der Waals surface area contributed by atoms with Crippen molar-refractivity contribution in [2.75, 3.05) is 9.80 Å². The van der Waals surface area contributed by atoms with E-state index >= 15 is 0 Å². The molecule has 0 spiro atoms. The summed E-state index contributed by atoms with van der Waals surface area (Å²) in [7, 11) is 0. The summed E-state index contributed by atoms with van der Waals surface area (Å²) in [6.45, 7) is 26.3. The van der Waals surface area contributed by atoms with Crippen LogP contribution in [0.2, 0.25) is 0 Å². The Morgan fingerprint density at radius 3 is 0.667 bits per heavy atom. The van der Waals surface area contributed by atoms with Crippen LogP contribution >= 0.6 is 0 Å². The lowest BCUT2D eigenvalue weighted by atomic mass is 9.98. The summed E-state index contributed by atoms with van der Waals surface area (Å²) >= 11 is 0. The Bertz CT molecular complexity index is 2360. The lowest BCUT2D eigenvalue weighted by molar-refractivity contribution is 1.21. The molecule has 7 rings (SSSR count). The summed E-state index contributed by atoms with van der Waals surface area (Å²) in [6.07, 6.45) is 9.01. The molecule has 0 fully saturated rings. The zero-order chi connectivity index (χ0) is 42.8. The number of nitrogens with zero attached hydrogens (tertiary/aromatic N) is 2. The van der Waals surface area contributed by atoms with Crippen molar-refractivity contribution in [1.82, 2.24) is 0 Å². The third kappa shape index (κ3) is 9.56. The smallest absolute Gasteiger partial charge is 0.0467 e. The van der Waals surface area contributed by atoms with Crippen LogP contribution < -0.4 is 9.80 Å². The molecule has 60 heavy (non-hydrogen) atoms. The Kier molecular flexibility index (Phi) is 12.2. The minimum absolute atomic E-state index is 1.17. The van der Waals surface area contributed by atoms with Crippen LogP contribution in [0.15, 0.2) is 121 Å². The van der Waals surface area contributed by atoms with Crippen molar-refractivity contribution in [3.63, 3.8) is 0 Å². The first-order valence-electron chi connectivity index (χ1n) is 21.2. The average Bonchev–Trinajstić information content (AvgIpc) is 3.13. The Balaban J connectivity index is 1.13. The van der Waals surface area contributed by atoms with Gasteiger partial charge in [0.1, 0.15) is 0 Å². The largest absolute Gasteiger partial charge is 0.310 e. The molecule has 302 valence electrons. The summed E-state index contributed by atoms with van der Waals surface area (Å²) in [6, 6.07) is 45.4. The quantitative estimate of drug-likeness (QED) is 0.127. The van der Waals surface area contributed by atoms with E-state index in [9.17, 15) is 0 Å². The van der Waals surface area contributed by atoms with Crippen molar-refractivity contribution in [1.29, 1.82) is 0 Å². The second-order valence-corrected chi connectivity index (χ2v) is 17.4. The highest BCUT2D eigenvalue weighted by molar-refractivity contribution is 5.83. The van der Waals surface area contributed by atoms with Crippen molar-refractivity contribution in [2.24, 2.45) is 0 Å². The molecule has 0 N–H and O–H groups in total. The molecule has 0 saturated carbocycles. The highest BCUT2D eigenvalue weighted by Gasteiger charge is 2.18. The van der Waals surface area contributed by atoms with Gasteiger partial charge in [0.05, 0.1) is 0 Å². The molecule has 2 heteroatoms. The van der Waals surface area contributed by atoms with Gasteiger partial charge in [-0.3, -0.25) is 0 Å². The molecular formula is C58H60N2. The van der Waals surface area contributed by atoms with Crippen LogP contribution in [0.5, 0.6) is 0 Å². The molecular weight excluding hydrogens is 725 g/mol. The summed E-state index contributed by atoms with van der Waals surface area (Å²) < 4.78 is 0. The molecule has 0 atom stereocenters. The van der Waals surface area contributed by atoms with E-state index in [4.69, 9.17) is 0 Å². The number of aryl methyl sites for hydroxylation is 12. The maximum absolute atomic E-state index is 2.41. The molecule has 0 aromatic heterocycles. The molecule has 7 aromatic carbocycles. The molecule has 0 bridgehead atoms. The van der Waals surface area contributed by atoms with Gasteiger partial charge in [-0.25, -0.2) is 0 Å². The van der Waals surface area contributed by atoms with E-state index in [0.29, 0.717) is 0 Å². The third-order valence-electron chi connectivity index (χ3n) is 11.4. The number of anilines is 6. The predicted molar refractivity (Wildman–Crippen MR) is 263 cm³/mol. The van der Waals surface area contributed by atoms with E-state index in [2.05, 4.69) is 239 Å². The fourth-order valence-electron chi connectivity index (χ4n) is 8.98. The van der Waals surface area contributed by atoms with E-state index in [1.165, 1.54) is 123 Å². The van der Waals surface area contributed by atoms with E-state index in [-0.39, 0.29) is 0 Å². The minimum Gasteiger partial charge on any atom is -0.310 e. The first kappa shape index (κ1) is 41.8. The number of hydrogen-bond acceptors (Lipinski definition) is 2. The van der Waals surface area contributed by atoms with E-state index in [0.717, 1.165) is 0 Å². The van der Waals surface area contributed by atoms with Gasteiger partial charge >= 0.3 is 0 Å². The van der Waals surface area contributed by atoms with Crippen molar-refractivity contribution in [3.8, 4) is 0 Å². The Labute approximate surface area is 360 Å². The molecule has 0 amide bonds. The van der Waals surface area contributed by atoms with Crippen LogP contribution in [0.3, 0.4) is 0 Å². The van der Waals surface area contributed by atoms with Crippen molar-refractivity contribution in [3.05, 3.63) is 210 Å². The predicted octanol–water partition coefficient (Wildman–Crippen LogP) is 16.7. The highest BCUT2D eigenvalue weighted by atomic mass is 15.1. The summed E-state index contributed by atoms with van der Waals surface area (Å²) in [4.78, 5) is 4.81. The van der Waals surface area contributed by atoms with Gasteiger partial charge < -0.3 is 9.80 Å². The van der Waals surface area contributed by atoms with Gasteiger partial charge in [0.25, 0.3) is 0 Å². The Morgan fingerprint density at radius 2 is 0.450 bits per heavy atom. The van der Waals surface area contributed by atoms with E-state index in [1.54, 1.807) is 0 Å². The van der Waals surface area contributed by atoms with Crippen LogP contribution in [0.25, 0.3) is 24.3 Å². The zero-order valence-electron chi connectivity index (χ0n) is 37.8. The number of benzene rings is 7. The first-order chi connectivity index (χ1) is 28.6.